The number of pyridine rings is 2. The molecule has 0 aliphatic heterocycles. The van der Waals surface area contributed by atoms with Crippen LogP contribution in [0.15, 0.2) is 42.9 Å². The normalized spacial score (nSPS) is 10.4. The summed E-state index contributed by atoms with van der Waals surface area (Å²) in [7, 11) is 0. The van der Waals surface area contributed by atoms with E-state index in [1.807, 2.05) is 41.9 Å². The fourth-order valence-electron chi connectivity index (χ4n) is 2.04. The number of anilines is 1. The summed E-state index contributed by atoms with van der Waals surface area (Å²) in [6.45, 7) is 2.64. The van der Waals surface area contributed by atoms with Crippen LogP contribution in [-0.2, 0) is 6.54 Å². The van der Waals surface area contributed by atoms with Crippen LogP contribution in [0.5, 0.6) is 0 Å². The lowest BCUT2D eigenvalue weighted by atomic mass is 10.3. The molecule has 5 heteroatoms. The molecule has 0 amide bonds. The third kappa shape index (κ3) is 2.31. The minimum Gasteiger partial charge on any atom is -0.364 e. The van der Waals surface area contributed by atoms with Crippen molar-refractivity contribution < 1.29 is 0 Å². The van der Waals surface area contributed by atoms with Gasteiger partial charge in [0.2, 0.25) is 0 Å². The number of aryl methyl sites for hydroxylation is 1. The first-order valence-electron chi connectivity index (χ1n) is 6.29. The molecule has 0 aliphatic carbocycles. The zero-order valence-corrected chi connectivity index (χ0v) is 11.0. The Hall–Kier alpha value is -2.87. The molecule has 0 atom stereocenters. The van der Waals surface area contributed by atoms with Crippen molar-refractivity contribution in [1.82, 2.24) is 14.4 Å². The number of nitrogens with one attached hydrogen (secondary N) is 1. The molecular weight excluding hydrogens is 250 g/mol. The summed E-state index contributed by atoms with van der Waals surface area (Å²) in [5.41, 5.74) is 3.62. The Kier molecular flexibility index (Phi) is 3.05. The fraction of sp³-hybridized carbons (Fsp3) is 0.133. The Morgan fingerprint density at radius 3 is 2.95 bits per heavy atom. The van der Waals surface area contributed by atoms with Crippen molar-refractivity contribution in [3.8, 4) is 6.07 Å². The Balaban J connectivity index is 1.76. The second-order valence-electron chi connectivity index (χ2n) is 4.55. The lowest BCUT2D eigenvalue weighted by molar-refractivity contribution is 1.06. The summed E-state index contributed by atoms with van der Waals surface area (Å²) in [5.74, 6) is 0.734. The van der Waals surface area contributed by atoms with Crippen molar-refractivity contribution in [2.75, 3.05) is 5.32 Å². The Bertz CT molecular complexity index is 780. The molecule has 0 unspecified atom stereocenters. The van der Waals surface area contributed by atoms with Crippen LogP contribution in [0.1, 0.15) is 16.8 Å². The SMILES string of the molecule is Cc1cccn2cc(CNc3ccc(C#N)cn3)nc12. The molecule has 0 saturated heterocycles. The topological polar surface area (TPSA) is 66.0 Å². The summed E-state index contributed by atoms with van der Waals surface area (Å²) >= 11 is 0. The molecule has 0 fully saturated rings. The van der Waals surface area contributed by atoms with Gasteiger partial charge in [0.15, 0.2) is 0 Å². The van der Waals surface area contributed by atoms with Crippen LogP contribution < -0.4 is 5.32 Å². The van der Waals surface area contributed by atoms with E-state index < -0.39 is 0 Å². The first kappa shape index (κ1) is 12.2. The van der Waals surface area contributed by atoms with E-state index in [9.17, 15) is 0 Å². The maximum Gasteiger partial charge on any atom is 0.140 e. The fourth-order valence-corrected chi connectivity index (χ4v) is 2.04. The molecule has 0 aromatic carbocycles. The van der Waals surface area contributed by atoms with E-state index in [1.165, 1.54) is 0 Å². The van der Waals surface area contributed by atoms with Gasteiger partial charge in [-0.05, 0) is 30.7 Å². The second kappa shape index (κ2) is 5.02. The number of hydrogen-bond donors (Lipinski definition) is 1. The predicted molar refractivity (Wildman–Crippen MR) is 76.2 cm³/mol. The van der Waals surface area contributed by atoms with Gasteiger partial charge in [0.1, 0.15) is 17.5 Å². The largest absolute Gasteiger partial charge is 0.364 e. The summed E-state index contributed by atoms with van der Waals surface area (Å²) < 4.78 is 2.01. The van der Waals surface area contributed by atoms with Gasteiger partial charge in [0, 0.05) is 18.6 Å². The van der Waals surface area contributed by atoms with E-state index in [-0.39, 0.29) is 0 Å². The third-order valence-electron chi connectivity index (χ3n) is 3.07. The van der Waals surface area contributed by atoms with E-state index in [0.717, 1.165) is 22.7 Å². The van der Waals surface area contributed by atoms with E-state index in [4.69, 9.17) is 5.26 Å². The van der Waals surface area contributed by atoms with Crippen molar-refractivity contribution in [2.45, 2.75) is 13.5 Å². The molecule has 0 spiro atoms. The molecule has 0 bridgehead atoms. The smallest absolute Gasteiger partial charge is 0.140 e. The molecule has 0 radical (unpaired) electrons. The monoisotopic (exact) mass is 263 g/mol. The van der Waals surface area contributed by atoms with Crippen molar-refractivity contribution in [3.05, 3.63) is 59.7 Å². The summed E-state index contributed by atoms with van der Waals surface area (Å²) in [5, 5.41) is 11.9. The van der Waals surface area contributed by atoms with Crippen molar-refractivity contribution in [3.63, 3.8) is 0 Å². The van der Waals surface area contributed by atoms with Crippen LogP contribution in [-0.4, -0.2) is 14.4 Å². The number of aromatic nitrogens is 3. The van der Waals surface area contributed by atoms with Gasteiger partial charge in [-0.3, -0.25) is 0 Å². The highest BCUT2D eigenvalue weighted by atomic mass is 15.0. The molecule has 3 aromatic rings. The molecule has 0 aliphatic rings. The number of nitrogens with zero attached hydrogens (tertiary/aromatic N) is 4. The number of nitriles is 1. The Morgan fingerprint density at radius 2 is 2.25 bits per heavy atom. The van der Waals surface area contributed by atoms with Gasteiger partial charge < -0.3 is 9.72 Å². The van der Waals surface area contributed by atoms with Crippen LogP contribution in [0, 0.1) is 18.3 Å². The first-order valence-corrected chi connectivity index (χ1v) is 6.29. The summed E-state index contributed by atoms with van der Waals surface area (Å²) in [6, 6.07) is 9.62. The minimum absolute atomic E-state index is 0.555. The summed E-state index contributed by atoms with van der Waals surface area (Å²) in [4.78, 5) is 8.75. The molecule has 20 heavy (non-hydrogen) atoms. The summed E-state index contributed by atoms with van der Waals surface area (Å²) in [6.07, 6.45) is 5.54. The zero-order chi connectivity index (χ0) is 13.9. The highest BCUT2D eigenvalue weighted by Gasteiger charge is 2.03. The van der Waals surface area contributed by atoms with Gasteiger partial charge in [-0.15, -0.1) is 0 Å². The van der Waals surface area contributed by atoms with E-state index >= 15 is 0 Å². The van der Waals surface area contributed by atoms with Gasteiger partial charge in [0.25, 0.3) is 0 Å². The Labute approximate surface area is 116 Å². The highest BCUT2D eigenvalue weighted by molar-refractivity contribution is 5.48. The van der Waals surface area contributed by atoms with Gasteiger partial charge in [-0.1, -0.05) is 6.07 Å². The molecule has 3 heterocycles. The van der Waals surface area contributed by atoms with Gasteiger partial charge in [0.05, 0.1) is 17.8 Å². The van der Waals surface area contributed by atoms with Crippen LogP contribution in [0.4, 0.5) is 5.82 Å². The quantitative estimate of drug-likeness (QED) is 0.788. The molecule has 3 aromatic heterocycles. The van der Waals surface area contributed by atoms with Crippen LogP contribution in [0.25, 0.3) is 5.65 Å². The van der Waals surface area contributed by atoms with Gasteiger partial charge in [-0.25, -0.2) is 9.97 Å². The lowest BCUT2D eigenvalue weighted by Gasteiger charge is -2.02. The molecule has 1 N–H and O–H groups in total. The maximum atomic E-state index is 8.72. The van der Waals surface area contributed by atoms with E-state index in [0.29, 0.717) is 12.1 Å². The molecule has 0 saturated carbocycles. The zero-order valence-electron chi connectivity index (χ0n) is 11.0. The predicted octanol–water partition coefficient (Wildman–Crippen LogP) is 2.52. The van der Waals surface area contributed by atoms with Crippen LogP contribution in [0.3, 0.4) is 0 Å². The average Bonchev–Trinajstić information content (AvgIpc) is 2.90. The molecular formula is C15H13N5. The Morgan fingerprint density at radius 1 is 1.35 bits per heavy atom. The van der Waals surface area contributed by atoms with Crippen LogP contribution >= 0.6 is 0 Å². The minimum atomic E-state index is 0.555. The number of rotatable bonds is 3. The van der Waals surface area contributed by atoms with Crippen molar-refractivity contribution in [2.24, 2.45) is 0 Å². The number of fused-ring (bicyclic) bond motifs is 1. The number of hydrogen-bond acceptors (Lipinski definition) is 4. The molecule has 3 rings (SSSR count). The molecule has 98 valence electrons. The maximum absolute atomic E-state index is 8.72. The number of imidazole rings is 1. The van der Waals surface area contributed by atoms with Gasteiger partial charge in [-0.2, -0.15) is 5.26 Å². The van der Waals surface area contributed by atoms with Gasteiger partial charge >= 0.3 is 0 Å². The van der Waals surface area contributed by atoms with Crippen LogP contribution in [0.2, 0.25) is 0 Å². The van der Waals surface area contributed by atoms with E-state index in [2.05, 4.69) is 15.3 Å². The third-order valence-corrected chi connectivity index (χ3v) is 3.07. The lowest BCUT2D eigenvalue weighted by Crippen LogP contribution is -2.01. The van der Waals surface area contributed by atoms with E-state index in [1.54, 1.807) is 18.3 Å². The molecule has 5 nitrogen and oxygen atoms in total. The second-order valence-corrected chi connectivity index (χ2v) is 4.55. The standard InChI is InChI=1S/C15H13N5/c1-11-3-2-6-20-10-13(19-15(11)20)9-18-14-5-4-12(7-16)8-17-14/h2-6,8,10H,9H2,1H3,(H,17,18). The average molecular weight is 263 g/mol. The van der Waals surface area contributed by atoms with Crippen molar-refractivity contribution in [1.29, 1.82) is 5.26 Å². The highest BCUT2D eigenvalue weighted by Crippen LogP contribution is 2.11. The van der Waals surface area contributed by atoms with Crippen molar-refractivity contribution >= 4 is 11.5 Å². The first-order chi connectivity index (χ1) is 9.76.